The monoisotopic (exact) mass is 236 g/mol. The summed E-state index contributed by atoms with van der Waals surface area (Å²) in [6.07, 6.45) is 2.51. The number of aryl methyl sites for hydroxylation is 1. The number of anilines is 1. The first-order valence-electron chi connectivity index (χ1n) is 4.45. The maximum Gasteiger partial charge on any atom is 0.263 e. The molecule has 0 fully saturated rings. The minimum absolute atomic E-state index is 0.283. The van der Waals surface area contributed by atoms with Gasteiger partial charge in [-0.3, -0.25) is 10.1 Å². The van der Waals surface area contributed by atoms with E-state index in [1.54, 1.807) is 13.0 Å². The molecule has 2 aromatic heterocycles. The summed E-state index contributed by atoms with van der Waals surface area (Å²) in [6.45, 7) is 1.79. The summed E-state index contributed by atoms with van der Waals surface area (Å²) < 4.78 is 0.570. The predicted molar refractivity (Wildman–Crippen MR) is 58.0 cm³/mol. The van der Waals surface area contributed by atoms with E-state index in [0.717, 1.165) is 5.01 Å². The Kier molecular flexibility index (Phi) is 2.78. The van der Waals surface area contributed by atoms with Crippen LogP contribution in [0.5, 0.6) is 0 Å². The van der Waals surface area contributed by atoms with Gasteiger partial charge in [0, 0.05) is 6.07 Å². The lowest BCUT2D eigenvalue weighted by Gasteiger charge is -2.00. The lowest BCUT2D eigenvalue weighted by atomic mass is 10.3. The van der Waals surface area contributed by atoms with Crippen LogP contribution in [0, 0.1) is 12.1 Å². The maximum absolute atomic E-state index is 11.7. The summed E-state index contributed by atoms with van der Waals surface area (Å²) in [5.41, 5.74) is 0.283. The van der Waals surface area contributed by atoms with Gasteiger partial charge in [0.15, 0.2) is 12.4 Å². The number of rotatable bonds is 2. The number of hydrogen-bond donors (Lipinski definition) is 1. The zero-order valence-electron chi connectivity index (χ0n) is 8.38. The lowest BCUT2D eigenvalue weighted by molar-refractivity contribution is -0.605. The van der Waals surface area contributed by atoms with Crippen molar-refractivity contribution in [1.29, 1.82) is 0 Å². The highest BCUT2D eigenvalue weighted by atomic mass is 32.1. The van der Waals surface area contributed by atoms with E-state index < -0.39 is 0 Å². The number of hydrogen-bond acceptors (Lipinski definition) is 5. The molecule has 0 saturated heterocycles. The second-order valence-electron chi connectivity index (χ2n) is 3.03. The van der Waals surface area contributed by atoms with Crippen LogP contribution in [0.15, 0.2) is 24.5 Å². The quantitative estimate of drug-likeness (QED) is 0.615. The molecule has 0 aliphatic heterocycles. The summed E-state index contributed by atoms with van der Waals surface area (Å²) in [6, 6.07) is 3.06. The van der Waals surface area contributed by atoms with Crippen molar-refractivity contribution in [2.75, 3.05) is 5.32 Å². The van der Waals surface area contributed by atoms with Gasteiger partial charge in [-0.25, -0.2) is 0 Å². The largest absolute Gasteiger partial charge is 0.619 e. The molecule has 1 N–H and O–H groups in total. The lowest BCUT2D eigenvalue weighted by Crippen LogP contribution is -2.27. The van der Waals surface area contributed by atoms with Gasteiger partial charge in [-0.05, 0) is 13.0 Å². The molecule has 0 bridgehead atoms. The third-order valence-corrected chi connectivity index (χ3v) is 2.54. The molecule has 0 radical (unpaired) electrons. The Morgan fingerprint density at radius 2 is 2.38 bits per heavy atom. The molecule has 16 heavy (non-hydrogen) atoms. The summed E-state index contributed by atoms with van der Waals surface area (Å²) in [7, 11) is 0. The SMILES string of the molecule is Cc1nnc(NC(=O)c2ccc[n+]([O-])c2)s1. The fourth-order valence-electron chi connectivity index (χ4n) is 1.11. The number of carbonyl (C=O) groups excluding carboxylic acids is 1. The maximum atomic E-state index is 11.7. The zero-order valence-corrected chi connectivity index (χ0v) is 9.19. The van der Waals surface area contributed by atoms with E-state index >= 15 is 0 Å². The first-order valence-corrected chi connectivity index (χ1v) is 5.27. The van der Waals surface area contributed by atoms with Crippen LogP contribution in [-0.4, -0.2) is 16.1 Å². The molecular weight excluding hydrogens is 228 g/mol. The van der Waals surface area contributed by atoms with Gasteiger partial charge in [-0.15, -0.1) is 10.2 Å². The Labute approximate surface area is 95.2 Å². The van der Waals surface area contributed by atoms with Gasteiger partial charge in [0.1, 0.15) is 10.6 Å². The van der Waals surface area contributed by atoms with Crippen molar-refractivity contribution in [3.8, 4) is 0 Å². The highest BCUT2D eigenvalue weighted by molar-refractivity contribution is 7.15. The number of amides is 1. The number of nitrogens with one attached hydrogen (secondary N) is 1. The minimum atomic E-state index is -0.374. The standard InChI is InChI=1S/C9H8N4O2S/c1-6-11-12-9(16-6)10-8(14)7-3-2-4-13(15)5-7/h2-5H,1H3,(H,10,12,14). The molecule has 0 aliphatic rings. The van der Waals surface area contributed by atoms with Crippen LogP contribution in [-0.2, 0) is 0 Å². The van der Waals surface area contributed by atoms with E-state index in [0.29, 0.717) is 9.86 Å². The fourth-order valence-corrected chi connectivity index (χ4v) is 1.69. The molecule has 0 aliphatic carbocycles. The molecule has 6 nitrogen and oxygen atoms in total. The molecule has 0 saturated carbocycles. The average molecular weight is 236 g/mol. The molecule has 0 spiro atoms. The van der Waals surface area contributed by atoms with E-state index in [1.165, 1.54) is 29.8 Å². The van der Waals surface area contributed by atoms with Gasteiger partial charge < -0.3 is 5.21 Å². The van der Waals surface area contributed by atoms with Crippen molar-refractivity contribution in [3.05, 3.63) is 40.3 Å². The van der Waals surface area contributed by atoms with Gasteiger partial charge in [-0.1, -0.05) is 11.3 Å². The van der Waals surface area contributed by atoms with Gasteiger partial charge in [0.2, 0.25) is 5.13 Å². The van der Waals surface area contributed by atoms with Crippen LogP contribution in [0.25, 0.3) is 0 Å². The highest BCUT2D eigenvalue weighted by Gasteiger charge is 2.11. The second kappa shape index (κ2) is 4.23. The van der Waals surface area contributed by atoms with Crippen LogP contribution in [0.1, 0.15) is 15.4 Å². The molecule has 1 amide bonds. The Morgan fingerprint density at radius 3 is 3.00 bits per heavy atom. The first-order chi connectivity index (χ1) is 7.65. The molecular formula is C9H8N4O2S. The predicted octanol–water partition coefficient (Wildman–Crippen LogP) is 0.732. The number of carbonyl (C=O) groups is 1. The summed E-state index contributed by atoms with van der Waals surface area (Å²) in [4.78, 5) is 11.7. The van der Waals surface area contributed by atoms with Gasteiger partial charge in [0.25, 0.3) is 5.91 Å². The average Bonchev–Trinajstić information content (AvgIpc) is 2.64. The van der Waals surface area contributed by atoms with Crippen LogP contribution in [0.4, 0.5) is 5.13 Å². The van der Waals surface area contributed by atoms with Crippen LogP contribution in [0.3, 0.4) is 0 Å². The Bertz CT molecular complexity index is 526. The van der Waals surface area contributed by atoms with E-state index in [9.17, 15) is 10.0 Å². The molecule has 0 aromatic carbocycles. The van der Waals surface area contributed by atoms with E-state index in [4.69, 9.17) is 0 Å². The van der Waals surface area contributed by atoms with Crippen LogP contribution >= 0.6 is 11.3 Å². The Hall–Kier alpha value is -2.02. The molecule has 0 atom stereocenters. The summed E-state index contributed by atoms with van der Waals surface area (Å²) in [5, 5.41) is 22.2. The highest BCUT2D eigenvalue weighted by Crippen LogP contribution is 2.14. The van der Waals surface area contributed by atoms with Gasteiger partial charge in [0.05, 0.1) is 0 Å². The third-order valence-electron chi connectivity index (χ3n) is 1.78. The molecule has 7 heteroatoms. The number of pyridine rings is 1. The molecule has 82 valence electrons. The molecule has 2 rings (SSSR count). The van der Waals surface area contributed by atoms with Crippen LogP contribution in [0.2, 0.25) is 0 Å². The Morgan fingerprint density at radius 1 is 1.56 bits per heavy atom. The van der Waals surface area contributed by atoms with Crippen molar-refractivity contribution >= 4 is 22.4 Å². The summed E-state index contributed by atoms with van der Waals surface area (Å²) in [5.74, 6) is -0.374. The van der Waals surface area contributed by atoms with Crippen molar-refractivity contribution < 1.29 is 9.52 Å². The van der Waals surface area contributed by atoms with Gasteiger partial charge in [-0.2, -0.15) is 4.73 Å². The van der Waals surface area contributed by atoms with Crippen LogP contribution < -0.4 is 10.0 Å². The smallest absolute Gasteiger partial charge is 0.263 e. The second-order valence-corrected chi connectivity index (χ2v) is 4.21. The van der Waals surface area contributed by atoms with E-state index in [-0.39, 0.29) is 11.5 Å². The van der Waals surface area contributed by atoms with Crippen molar-refractivity contribution in [2.24, 2.45) is 0 Å². The van der Waals surface area contributed by atoms with Crippen molar-refractivity contribution in [1.82, 2.24) is 10.2 Å². The fraction of sp³-hybridized carbons (Fsp3) is 0.111. The van der Waals surface area contributed by atoms with Crippen molar-refractivity contribution in [2.45, 2.75) is 6.92 Å². The molecule has 2 aromatic rings. The minimum Gasteiger partial charge on any atom is -0.619 e. The van der Waals surface area contributed by atoms with Gasteiger partial charge >= 0.3 is 0 Å². The topological polar surface area (TPSA) is 81.8 Å². The molecule has 0 unspecified atom stereocenters. The van der Waals surface area contributed by atoms with Crippen molar-refractivity contribution in [3.63, 3.8) is 0 Å². The van der Waals surface area contributed by atoms with E-state index in [2.05, 4.69) is 15.5 Å². The first kappa shape index (κ1) is 10.5. The Balaban J connectivity index is 2.14. The zero-order chi connectivity index (χ0) is 11.5. The normalized spacial score (nSPS) is 10.1. The van der Waals surface area contributed by atoms with E-state index in [1.807, 2.05) is 0 Å². The summed E-state index contributed by atoms with van der Waals surface area (Å²) >= 11 is 1.28. The molecule has 2 heterocycles. The number of aromatic nitrogens is 3. The third kappa shape index (κ3) is 2.31. The number of nitrogens with zero attached hydrogens (tertiary/aromatic N) is 3.